The number of hydrogen-bond donors (Lipinski definition) is 3. The van der Waals surface area contributed by atoms with Crippen molar-refractivity contribution in [3.63, 3.8) is 0 Å². The maximum atomic E-state index is 13.7. The second kappa shape index (κ2) is 17.4. The Labute approximate surface area is 313 Å². The minimum Gasteiger partial charge on any atom is -0.475 e. The van der Waals surface area contributed by atoms with Gasteiger partial charge in [-0.25, -0.2) is 18.2 Å². The molecule has 2 aliphatic heterocycles. The van der Waals surface area contributed by atoms with Gasteiger partial charge >= 0.3 is 18.3 Å². The van der Waals surface area contributed by atoms with E-state index in [1.165, 1.54) is 6.07 Å². The van der Waals surface area contributed by atoms with Crippen molar-refractivity contribution in [2.45, 2.75) is 36.9 Å². The maximum absolute atomic E-state index is 13.7. The minimum atomic E-state index is -5.08. The number of aromatic nitrogens is 1. The van der Waals surface area contributed by atoms with E-state index in [4.69, 9.17) is 14.6 Å². The molecule has 0 bridgehead atoms. The number of benzene rings is 3. The number of carboxylic acid groups (broad SMARTS) is 1. The molecule has 0 spiro atoms. The Balaban J connectivity index is 0.000000757. The summed E-state index contributed by atoms with van der Waals surface area (Å²) in [7, 11) is -3.75. The standard InChI is InChI=1S/C35H36F3N5O4S.C2HF3O2/c36-35(37,38)33-13-11-30(23-40-33)47-29-9-6-26(7-10-29)27-14-18-43(19-15-27)34(44)28-8-12-32(42-20-16-39-17-21-42)31(22-28)41-48(45,46)24-25-4-2-1-3-5-25;3-2(4,5)1(6)7/h1-13,22-23,27,39,41H,14-21,24H2;(H,6,7). The number of carboxylic acids is 1. The number of anilines is 2. The number of nitrogens with zero attached hydrogens (tertiary/aromatic N) is 3. The number of piperazine rings is 1. The molecule has 0 aliphatic carbocycles. The predicted octanol–water partition coefficient (Wildman–Crippen LogP) is 6.90. The lowest BCUT2D eigenvalue weighted by Gasteiger charge is -2.33. The van der Waals surface area contributed by atoms with E-state index >= 15 is 0 Å². The van der Waals surface area contributed by atoms with Crippen molar-refractivity contribution in [1.82, 2.24) is 15.2 Å². The van der Waals surface area contributed by atoms with Gasteiger partial charge in [0.15, 0.2) is 0 Å². The topological polar surface area (TPSA) is 141 Å². The zero-order valence-corrected chi connectivity index (χ0v) is 29.9. The van der Waals surface area contributed by atoms with Gasteiger partial charge in [0.2, 0.25) is 10.0 Å². The molecular formula is C37H37F6N5O6S. The molecule has 3 N–H and O–H groups in total. The van der Waals surface area contributed by atoms with E-state index in [2.05, 4.69) is 19.9 Å². The third kappa shape index (κ3) is 11.6. The molecule has 1 aromatic heterocycles. The third-order valence-electron chi connectivity index (χ3n) is 8.80. The van der Waals surface area contributed by atoms with Crippen molar-refractivity contribution in [3.8, 4) is 11.5 Å². The maximum Gasteiger partial charge on any atom is 0.490 e. The average Bonchev–Trinajstić information content (AvgIpc) is 3.15. The predicted molar refractivity (Wildman–Crippen MR) is 192 cm³/mol. The summed E-state index contributed by atoms with van der Waals surface area (Å²) in [5, 5.41) is 10.4. The number of sulfonamides is 1. The smallest absolute Gasteiger partial charge is 0.475 e. The fourth-order valence-corrected chi connectivity index (χ4v) is 7.28. The molecule has 2 fully saturated rings. The summed E-state index contributed by atoms with van der Waals surface area (Å²) in [6.45, 7) is 4.05. The van der Waals surface area contributed by atoms with Gasteiger partial charge in [-0.2, -0.15) is 26.3 Å². The number of pyridine rings is 1. The van der Waals surface area contributed by atoms with E-state index in [9.17, 15) is 39.6 Å². The Hall–Kier alpha value is -5.36. The number of alkyl halides is 6. The third-order valence-corrected chi connectivity index (χ3v) is 10.0. The molecule has 3 heterocycles. The molecule has 55 heavy (non-hydrogen) atoms. The number of aliphatic carboxylic acids is 1. The van der Waals surface area contributed by atoms with Gasteiger partial charge in [-0.3, -0.25) is 9.52 Å². The van der Waals surface area contributed by atoms with Crippen LogP contribution in [0.3, 0.4) is 0 Å². The molecule has 0 saturated carbocycles. The summed E-state index contributed by atoms with van der Waals surface area (Å²) in [5.41, 5.74) is 2.32. The Morgan fingerprint density at radius 2 is 1.47 bits per heavy atom. The number of hydrogen-bond acceptors (Lipinski definition) is 8. The molecule has 6 rings (SSSR count). The second-order valence-corrected chi connectivity index (χ2v) is 14.5. The molecule has 0 radical (unpaired) electrons. The molecule has 18 heteroatoms. The van der Waals surface area contributed by atoms with Crippen LogP contribution >= 0.6 is 0 Å². The summed E-state index contributed by atoms with van der Waals surface area (Å²) >= 11 is 0. The molecule has 0 unspecified atom stereocenters. The zero-order valence-electron chi connectivity index (χ0n) is 29.1. The van der Waals surface area contributed by atoms with Crippen LogP contribution in [0.1, 0.15) is 45.9 Å². The van der Waals surface area contributed by atoms with Gasteiger partial charge < -0.3 is 25.0 Å². The molecule has 294 valence electrons. The summed E-state index contributed by atoms with van der Waals surface area (Å²) in [6.07, 6.45) is -7.07. The highest BCUT2D eigenvalue weighted by Gasteiger charge is 2.38. The molecule has 1 amide bonds. The number of likely N-dealkylation sites (tertiary alicyclic amines) is 1. The van der Waals surface area contributed by atoms with Crippen molar-refractivity contribution in [1.29, 1.82) is 0 Å². The number of piperidine rings is 1. The fourth-order valence-electron chi connectivity index (χ4n) is 6.08. The van der Waals surface area contributed by atoms with Gasteiger partial charge in [-0.1, -0.05) is 42.5 Å². The largest absolute Gasteiger partial charge is 0.490 e. The Kier molecular flexibility index (Phi) is 12.9. The van der Waals surface area contributed by atoms with Crippen LogP contribution in [0.25, 0.3) is 0 Å². The van der Waals surface area contributed by atoms with E-state index < -0.39 is 34.0 Å². The van der Waals surface area contributed by atoms with E-state index in [-0.39, 0.29) is 23.3 Å². The molecule has 2 aliphatic rings. The monoisotopic (exact) mass is 793 g/mol. The summed E-state index contributed by atoms with van der Waals surface area (Å²) < 4.78 is 105. The number of amides is 1. The fraction of sp³-hybridized carbons (Fsp3) is 0.324. The lowest BCUT2D eigenvalue weighted by molar-refractivity contribution is -0.192. The first-order chi connectivity index (χ1) is 26.0. The van der Waals surface area contributed by atoms with E-state index in [1.807, 2.05) is 24.3 Å². The molecular weight excluding hydrogens is 756 g/mol. The van der Waals surface area contributed by atoms with Gasteiger partial charge in [0.05, 0.1) is 23.3 Å². The highest BCUT2D eigenvalue weighted by Crippen LogP contribution is 2.34. The number of nitrogens with one attached hydrogen (secondary N) is 2. The highest BCUT2D eigenvalue weighted by molar-refractivity contribution is 7.91. The normalized spacial score (nSPS) is 15.5. The van der Waals surface area contributed by atoms with Crippen LogP contribution in [0.2, 0.25) is 0 Å². The van der Waals surface area contributed by atoms with Gasteiger partial charge in [0, 0.05) is 44.8 Å². The number of carbonyl (C=O) groups excluding carboxylic acids is 1. The van der Waals surface area contributed by atoms with E-state index in [1.54, 1.807) is 53.4 Å². The van der Waals surface area contributed by atoms with Crippen LogP contribution in [0.4, 0.5) is 37.7 Å². The first-order valence-corrected chi connectivity index (χ1v) is 18.7. The minimum absolute atomic E-state index is 0.155. The SMILES string of the molecule is O=C(O)C(F)(F)F.O=C(c1ccc(N2CCNCC2)c(NS(=O)(=O)Cc2ccccc2)c1)N1CCC(c2ccc(Oc3ccc(C(F)(F)F)nc3)cc2)CC1. The van der Waals surface area contributed by atoms with Gasteiger partial charge in [0.1, 0.15) is 17.2 Å². The number of carbonyl (C=O) groups is 2. The molecule has 4 aromatic rings. The second-order valence-electron chi connectivity index (χ2n) is 12.7. The first kappa shape index (κ1) is 40.8. The zero-order chi connectivity index (χ0) is 39.8. The lowest BCUT2D eigenvalue weighted by Crippen LogP contribution is -2.44. The molecule has 11 nitrogen and oxygen atoms in total. The average molecular weight is 794 g/mol. The van der Waals surface area contributed by atoms with Crippen LogP contribution in [0, 0.1) is 0 Å². The van der Waals surface area contributed by atoms with Gasteiger partial charge in [-0.15, -0.1) is 0 Å². The van der Waals surface area contributed by atoms with Crippen LogP contribution in [0.15, 0.2) is 91.1 Å². The Bertz CT molecular complexity index is 2020. The van der Waals surface area contributed by atoms with Crippen molar-refractivity contribution in [2.75, 3.05) is 48.9 Å². The number of halogens is 6. The Morgan fingerprint density at radius 1 is 0.855 bits per heavy atom. The molecule has 0 atom stereocenters. The lowest BCUT2D eigenvalue weighted by atomic mass is 9.89. The van der Waals surface area contributed by atoms with Crippen molar-refractivity contribution < 1.29 is 54.2 Å². The first-order valence-electron chi connectivity index (χ1n) is 17.0. The van der Waals surface area contributed by atoms with Crippen LogP contribution < -0.4 is 19.7 Å². The number of ether oxygens (including phenoxy) is 1. The van der Waals surface area contributed by atoms with Gasteiger partial charge in [0.25, 0.3) is 5.91 Å². The van der Waals surface area contributed by atoms with Crippen molar-refractivity contribution in [3.05, 3.63) is 114 Å². The van der Waals surface area contributed by atoms with Crippen molar-refractivity contribution in [2.24, 2.45) is 0 Å². The summed E-state index contributed by atoms with van der Waals surface area (Å²) in [6, 6.07) is 23.7. The molecule has 3 aromatic carbocycles. The quantitative estimate of drug-likeness (QED) is 0.155. The highest BCUT2D eigenvalue weighted by atomic mass is 32.2. The number of rotatable bonds is 9. The van der Waals surface area contributed by atoms with Crippen LogP contribution in [0.5, 0.6) is 11.5 Å². The van der Waals surface area contributed by atoms with E-state index in [0.29, 0.717) is 48.7 Å². The van der Waals surface area contributed by atoms with Crippen molar-refractivity contribution >= 4 is 33.3 Å². The van der Waals surface area contributed by atoms with E-state index in [0.717, 1.165) is 49.4 Å². The van der Waals surface area contributed by atoms with Crippen LogP contribution in [-0.4, -0.2) is 80.7 Å². The summed E-state index contributed by atoms with van der Waals surface area (Å²) in [5.74, 6) is -2.19. The van der Waals surface area contributed by atoms with Crippen LogP contribution in [-0.2, 0) is 26.7 Å². The Morgan fingerprint density at radius 3 is 2.04 bits per heavy atom. The summed E-state index contributed by atoms with van der Waals surface area (Å²) in [4.78, 5) is 29.9. The molecule has 2 saturated heterocycles. The van der Waals surface area contributed by atoms with Gasteiger partial charge in [-0.05, 0) is 72.4 Å².